The molecule has 2 aromatic heterocycles. The lowest BCUT2D eigenvalue weighted by molar-refractivity contribution is -0.0237. The van der Waals surface area contributed by atoms with Gasteiger partial charge in [-0.1, -0.05) is 0 Å². The van der Waals surface area contributed by atoms with Crippen LogP contribution in [0, 0.1) is 0 Å². The van der Waals surface area contributed by atoms with Crippen molar-refractivity contribution in [3.05, 3.63) is 22.4 Å². The van der Waals surface area contributed by atoms with Crippen LogP contribution >= 0.6 is 0 Å². The Hall–Kier alpha value is -1.81. The summed E-state index contributed by atoms with van der Waals surface area (Å²) in [5, 5.41) is 33.0. The van der Waals surface area contributed by atoms with Gasteiger partial charge in [0.05, 0.1) is 12.9 Å². The Balaban J connectivity index is 2.12. The molecule has 108 valence electrons. The lowest BCUT2D eigenvalue weighted by Gasteiger charge is -2.11. The van der Waals surface area contributed by atoms with E-state index in [2.05, 4.69) is 15.1 Å². The van der Waals surface area contributed by atoms with E-state index in [1.807, 2.05) is 0 Å². The maximum Gasteiger partial charge on any atom is 0.276 e. The van der Waals surface area contributed by atoms with Crippen LogP contribution in [0.2, 0.25) is 0 Å². The zero-order valence-electron chi connectivity index (χ0n) is 10.6. The number of aryl methyl sites for hydroxylation is 1. The predicted molar refractivity (Wildman–Crippen MR) is 65.8 cm³/mol. The summed E-state index contributed by atoms with van der Waals surface area (Å²) in [5.41, 5.74) is 0.449. The van der Waals surface area contributed by atoms with E-state index in [0.717, 1.165) is 0 Å². The second-order valence-electron chi connectivity index (χ2n) is 4.70. The highest BCUT2D eigenvalue weighted by molar-refractivity contribution is 5.76. The first-order valence-electron chi connectivity index (χ1n) is 6.07. The Morgan fingerprint density at radius 2 is 2.20 bits per heavy atom. The Bertz CT molecular complexity index is 696. The van der Waals surface area contributed by atoms with E-state index in [4.69, 9.17) is 9.84 Å². The first kappa shape index (κ1) is 13.2. The normalized spacial score (nSPS) is 30.2. The summed E-state index contributed by atoms with van der Waals surface area (Å²) in [6.45, 7) is -0.423. The van der Waals surface area contributed by atoms with Gasteiger partial charge in [0.1, 0.15) is 35.6 Å². The second kappa shape index (κ2) is 4.63. The molecule has 4 atom stereocenters. The zero-order valence-corrected chi connectivity index (χ0v) is 10.6. The predicted octanol–water partition coefficient (Wildman–Crippen LogP) is -2.19. The van der Waals surface area contributed by atoms with Gasteiger partial charge in [-0.15, -0.1) is 0 Å². The quantitative estimate of drug-likeness (QED) is 0.491. The molecule has 9 heteroatoms. The minimum atomic E-state index is -1.24. The Kier molecular flexibility index (Phi) is 3.05. The highest BCUT2D eigenvalue weighted by atomic mass is 16.6. The minimum absolute atomic E-state index is 0.250. The molecule has 3 rings (SSSR count). The maximum atomic E-state index is 11.7. The van der Waals surface area contributed by atoms with Crippen molar-refractivity contribution >= 4 is 11.0 Å². The lowest BCUT2D eigenvalue weighted by atomic mass is 10.1. The SMILES string of the molecule is Cn1nc([C@@H]2O[C@H](CO)[C@@H](O)[C@H]2O)c2nc[nH]c(=O)c21. The van der Waals surface area contributed by atoms with Crippen LogP contribution in [0.1, 0.15) is 11.8 Å². The van der Waals surface area contributed by atoms with Gasteiger partial charge in [-0.25, -0.2) is 4.98 Å². The van der Waals surface area contributed by atoms with Crippen LogP contribution in [0.5, 0.6) is 0 Å². The van der Waals surface area contributed by atoms with Crippen molar-refractivity contribution in [2.75, 3.05) is 6.61 Å². The van der Waals surface area contributed by atoms with Crippen LogP contribution in [0.3, 0.4) is 0 Å². The molecule has 20 heavy (non-hydrogen) atoms. The van der Waals surface area contributed by atoms with Gasteiger partial charge in [0.25, 0.3) is 5.56 Å². The standard InChI is InChI=1S/C11H14N4O5/c1-15-7-5(12-3-13-11(7)19)6(14-15)10-9(18)8(17)4(2-16)20-10/h3-4,8-10,16-18H,2H2,1H3,(H,12,13,19)/t4-,8-,9-,10+/m1/s1. The van der Waals surface area contributed by atoms with Crippen molar-refractivity contribution in [2.45, 2.75) is 24.4 Å². The molecule has 4 N–H and O–H groups in total. The number of H-pyrrole nitrogens is 1. The summed E-state index contributed by atoms with van der Waals surface area (Å²) in [4.78, 5) is 18.2. The molecule has 3 heterocycles. The molecule has 0 aliphatic carbocycles. The van der Waals surface area contributed by atoms with E-state index in [9.17, 15) is 15.0 Å². The van der Waals surface area contributed by atoms with E-state index in [0.29, 0.717) is 5.52 Å². The fourth-order valence-electron chi connectivity index (χ4n) is 2.46. The van der Waals surface area contributed by atoms with Crippen molar-refractivity contribution in [2.24, 2.45) is 7.05 Å². The third kappa shape index (κ3) is 1.75. The summed E-state index contributed by atoms with van der Waals surface area (Å²) in [6, 6.07) is 0. The Morgan fingerprint density at radius 3 is 2.85 bits per heavy atom. The average molecular weight is 282 g/mol. The van der Waals surface area contributed by atoms with Gasteiger partial charge < -0.3 is 25.0 Å². The summed E-state index contributed by atoms with van der Waals surface area (Å²) >= 11 is 0. The van der Waals surface area contributed by atoms with Crippen LogP contribution in [0.4, 0.5) is 0 Å². The summed E-state index contributed by atoms with van der Waals surface area (Å²) in [6.07, 6.45) is -3.07. The fraction of sp³-hybridized carbons (Fsp3) is 0.545. The van der Waals surface area contributed by atoms with Crippen LogP contribution in [-0.2, 0) is 11.8 Å². The number of rotatable bonds is 2. The average Bonchev–Trinajstić information content (AvgIpc) is 2.90. The number of nitrogens with one attached hydrogen (secondary N) is 1. The molecule has 0 amide bonds. The summed E-state index contributed by atoms with van der Waals surface area (Å²) in [7, 11) is 1.57. The van der Waals surface area contributed by atoms with Gasteiger partial charge in [0.2, 0.25) is 0 Å². The van der Waals surface area contributed by atoms with Crippen molar-refractivity contribution in [3.8, 4) is 0 Å². The first-order chi connectivity index (χ1) is 9.54. The number of hydrogen-bond acceptors (Lipinski definition) is 7. The largest absolute Gasteiger partial charge is 0.394 e. The molecule has 0 spiro atoms. The first-order valence-corrected chi connectivity index (χ1v) is 6.07. The highest BCUT2D eigenvalue weighted by Crippen LogP contribution is 2.34. The van der Waals surface area contributed by atoms with E-state index >= 15 is 0 Å². The van der Waals surface area contributed by atoms with Gasteiger partial charge in [-0.05, 0) is 0 Å². The van der Waals surface area contributed by atoms with Crippen LogP contribution in [0.25, 0.3) is 11.0 Å². The lowest BCUT2D eigenvalue weighted by Crippen LogP contribution is -2.32. The number of ether oxygens (including phenoxy) is 1. The van der Waals surface area contributed by atoms with E-state index < -0.39 is 31.0 Å². The third-order valence-electron chi connectivity index (χ3n) is 3.46. The summed E-state index contributed by atoms with van der Waals surface area (Å²) < 4.78 is 6.74. The molecule has 0 radical (unpaired) electrons. The molecule has 0 aromatic carbocycles. The third-order valence-corrected chi connectivity index (χ3v) is 3.46. The Morgan fingerprint density at radius 1 is 1.45 bits per heavy atom. The van der Waals surface area contributed by atoms with Crippen LogP contribution < -0.4 is 5.56 Å². The summed E-state index contributed by atoms with van der Waals surface area (Å²) in [5.74, 6) is 0. The van der Waals surface area contributed by atoms with E-state index in [1.54, 1.807) is 7.05 Å². The van der Waals surface area contributed by atoms with Gasteiger partial charge in [-0.2, -0.15) is 5.10 Å². The highest BCUT2D eigenvalue weighted by Gasteiger charge is 2.45. The monoisotopic (exact) mass is 282 g/mol. The number of fused-ring (bicyclic) bond motifs is 1. The minimum Gasteiger partial charge on any atom is -0.394 e. The van der Waals surface area contributed by atoms with Crippen molar-refractivity contribution in [1.29, 1.82) is 0 Å². The number of aliphatic hydroxyl groups is 3. The molecular weight excluding hydrogens is 268 g/mol. The van der Waals surface area contributed by atoms with Crippen molar-refractivity contribution < 1.29 is 20.1 Å². The van der Waals surface area contributed by atoms with Gasteiger partial charge in [0.15, 0.2) is 5.52 Å². The zero-order chi connectivity index (χ0) is 14.4. The molecule has 0 saturated carbocycles. The molecular formula is C11H14N4O5. The number of aliphatic hydroxyl groups excluding tert-OH is 3. The van der Waals surface area contributed by atoms with Crippen LogP contribution in [0.15, 0.2) is 11.1 Å². The molecule has 1 saturated heterocycles. The van der Waals surface area contributed by atoms with E-state index in [-0.39, 0.29) is 16.8 Å². The smallest absolute Gasteiger partial charge is 0.276 e. The molecule has 1 fully saturated rings. The number of nitrogens with zero attached hydrogens (tertiary/aromatic N) is 3. The molecule has 0 bridgehead atoms. The molecule has 1 aliphatic heterocycles. The molecule has 2 aromatic rings. The maximum absolute atomic E-state index is 11.7. The molecule has 0 unspecified atom stereocenters. The van der Waals surface area contributed by atoms with Gasteiger partial charge in [-0.3, -0.25) is 9.48 Å². The van der Waals surface area contributed by atoms with Gasteiger partial charge >= 0.3 is 0 Å². The number of aromatic nitrogens is 4. The Labute approximate surface area is 112 Å². The molecule has 1 aliphatic rings. The van der Waals surface area contributed by atoms with E-state index in [1.165, 1.54) is 11.0 Å². The van der Waals surface area contributed by atoms with Crippen molar-refractivity contribution in [1.82, 2.24) is 19.7 Å². The van der Waals surface area contributed by atoms with Gasteiger partial charge in [0, 0.05) is 7.05 Å². The van der Waals surface area contributed by atoms with Crippen LogP contribution in [-0.4, -0.2) is 60.0 Å². The molecule has 9 nitrogen and oxygen atoms in total. The topological polar surface area (TPSA) is 133 Å². The number of aromatic amines is 1. The number of hydrogen-bond donors (Lipinski definition) is 4. The fourth-order valence-corrected chi connectivity index (χ4v) is 2.46. The van der Waals surface area contributed by atoms with Crippen molar-refractivity contribution in [3.63, 3.8) is 0 Å². The second-order valence-corrected chi connectivity index (χ2v) is 4.70.